The summed E-state index contributed by atoms with van der Waals surface area (Å²) in [5, 5.41) is 6.37. The zero-order valence-corrected chi connectivity index (χ0v) is 14.1. The molecular weight excluding hydrogens is 338 g/mol. The van der Waals surface area contributed by atoms with Crippen LogP contribution < -0.4 is 5.32 Å². The maximum absolute atomic E-state index is 12.8. The number of nitrogens with one attached hydrogen (secondary N) is 1. The number of imidazole rings is 1. The fourth-order valence-corrected chi connectivity index (χ4v) is 2.87. The van der Waals surface area contributed by atoms with E-state index in [1.807, 2.05) is 0 Å². The molecule has 0 radical (unpaired) electrons. The van der Waals surface area contributed by atoms with Crippen molar-refractivity contribution in [2.45, 2.75) is 6.92 Å². The summed E-state index contributed by atoms with van der Waals surface area (Å²) in [6.07, 6.45) is 1.70. The van der Waals surface area contributed by atoms with E-state index >= 15 is 0 Å². The monoisotopic (exact) mass is 355 g/mol. The lowest BCUT2D eigenvalue weighted by atomic mass is 10.3. The van der Waals surface area contributed by atoms with Crippen molar-refractivity contribution in [1.29, 1.82) is 0 Å². The Bertz CT molecular complexity index is 971. The van der Waals surface area contributed by atoms with E-state index in [0.717, 1.165) is 0 Å². The molecule has 9 heteroatoms. The van der Waals surface area contributed by atoms with E-state index in [-0.39, 0.29) is 17.4 Å². The van der Waals surface area contributed by atoms with Crippen LogP contribution in [0.5, 0.6) is 0 Å². The first-order chi connectivity index (χ1) is 12.6. The first-order valence-electron chi connectivity index (χ1n) is 8.22. The summed E-state index contributed by atoms with van der Waals surface area (Å²) in [4.78, 5) is 31.5. The highest BCUT2D eigenvalue weighted by atomic mass is 16.5. The van der Waals surface area contributed by atoms with Gasteiger partial charge in [-0.2, -0.15) is 0 Å². The number of aryl methyl sites for hydroxylation is 1. The summed E-state index contributed by atoms with van der Waals surface area (Å²) in [7, 11) is 0. The average Bonchev–Trinajstić information content (AvgIpc) is 3.25. The standard InChI is InChI=1S/C17H17N5O4/c1-11-10-13(20-26-11)18-16(23)15-19-14(12-4-2-3-5-22(12)15)17(24)21-6-8-25-9-7-21/h2-5,10H,6-9H2,1H3,(H,18,20,23). The fourth-order valence-electron chi connectivity index (χ4n) is 2.87. The molecular formula is C17H17N5O4. The average molecular weight is 355 g/mol. The second kappa shape index (κ2) is 6.60. The number of carbonyl (C=O) groups is 2. The Kier molecular flexibility index (Phi) is 4.13. The number of pyridine rings is 1. The molecule has 2 amide bonds. The highest BCUT2D eigenvalue weighted by Crippen LogP contribution is 2.17. The van der Waals surface area contributed by atoms with E-state index in [1.165, 1.54) is 0 Å². The number of hydrogen-bond donors (Lipinski definition) is 1. The van der Waals surface area contributed by atoms with E-state index in [4.69, 9.17) is 9.26 Å². The molecule has 0 aromatic carbocycles. The molecule has 0 bridgehead atoms. The van der Waals surface area contributed by atoms with Crippen molar-refractivity contribution in [3.05, 3.63) is 47.7 Å². The van der Waals surface area contributed by atoms with E-state index < -0.39 is 5.91 Å². The molecule has 1 fully saturated rings. The molecule has 0 spiro atoms. The number of rotatable bonds is 3. The first-order valence-corrected chi connectivity index (χ1v) is 8.22. The summed E-state index contributed by atoms with van der Waals surface area (Å²) in [6.45, 7) is 3.73. The van der Waals surface area contributed by atoms with Crippen molar-refractivity contribution in [3.8, 4) is 0 Å². The SMILES string of the molecule is Cc1cc(NC(=O)c2nc(C(=O)N3CCOCC3)c3ccccn23)no1. The maximum atomic E-state index is 12.8. The lowest BCUT2D eigenvalue weighted by Gasteiger charge is -2.26. The Labute approximate surface area is 148 Å². The second-order valence-electron chi connectivity index (χ2n) is 5.92. The molecule has 0 atom stereocenters. The van der Waals surface area contributed by atoms with Crippen LogP contribution in [0, 0.1) is 6.92 Å². The molecule has 1 saturated heterocycles. The fraction of sp³-hybridized carbons (Fsp3) is 0.294. The molecule has 4 heterocycles. The van der Waals surface area contributed by atoms with Crippen molar-refractivity contribution in [2.24, 2.45) is 0 Å². The number of hydrogen-bond acceptors (Lipinski definition) is 6. The predicted octanol–water partition coefficient (Wildman–Crippen LogP) is 1.36. The van der Waals surface area contributed by atoms with Gasteiger partial charge in [-0.1, -0.05) is 11.2 Å². The minimum absolute atomic E-state index is 0.109. The van der Waals surface area contributed by atoms with Gasteiger partial charge >= 0.3 is 0 Å². The van der Waals surface area contributed by atoms with Gasteiger partial charge in [-0.15, -0.1) is 0 Å². The van der Waals surface area contributed by atoms with Crippen LogP contribution in [0.3, 0.4) is 0 Å². The minimum atomic E-state index is -0.472. The Morgan fingerprint density at radius 3 is 2.77 bits per heavy atom. The van der Waals surface area contributed by atoms with Crippen LogP contribution in [0.15, 0.2) is 35.0 Å². The van der Waals surface area contributed by atoms with Gasteiger partial charge in [-0.05, 0) is 19.1 Å². The lowest BCUT2D eigenvalue weighted by molar-refractivity contribution is 0.0300. The number of morpholine rings is 1. The maximum Gasteiger partial charge on any atom is 0.293 e. The number of amides is 2. The first kappa shape index (κ1) is 16.3. The van der Waals surface area contributed by atoms with Crippen molar-refractivity contribution >= 4 is 23.1 Å². The van der Waals surface area contributed by atoms with Crippen molar-refractivity contribution < 1.29 is 18.8 Å². The van der Waals surface area contributed by atoms with Crippen molar-refractivity contribution in [3.63, 3.8) is 0 Å². The number of nitrogens with zero attached hydrogens (tertiary/aromatic N) is 4. The molecule has 26 heavy (non-hydrogen) atoms. The number of ether oxygens (including phenoxy) is 1. The molecule has 1 aliphatic heterocycles. The highest BCUT2D eigenvalue weighted by molar-refractivity contribution is 6.05. The van der Waals surface area contributed by atoms with Gasteiger partial charge in [0.15, 0.2) is 11.5 Å². The van der Waals surface area contributed by atoms with Crippen LogP contribution in [0.1, 0.15) is 26.9 Å². The third kappa shape index (κ3) is 2.93. The quantitative estimate of drug-likeness (QED) is 0.761. The topological polar surface area (TPSA) is 102 Å². The van der Waals surface area contributed by atoms with Gasteiger partial charge in [0.05, 0.1) is 18.7 Å². The summed E-state index contributed by atoms with van der Waals surface area (Å²) in [6, 6.07) is 6.94. The van der Waals surface area contributed by atoms with Crippen LogP contribution >= 0.6 is 0 Å². The minimum Gasteiger partial charge on any atom is -0.378 e. The third-order valence-corrected chi connectivity index (χ3v) is 4.12. The molecule has 1 N–H and O–H groups in total. The molecule has 3 aromatic rings. The zero-order chi connectivity index (χ0) is 18.1. The van der Waals surface area contributed by atoms with Gasteiger partial charge < -0.3 is 19.5 Å². The summed E-state index contributed by atoms with van der Waals surface area (Å²) >= 11 is 0. The van der Waals surface area contributed by atoms with Gasteiger partial charge in [0.25, 0.3) is 11.8 Å². The molecule has 0 unspecified atom stereocenters. The Hall–Kier alpha value is -3.20. The zero-order valence-electron chi connectivity index (χ0n) is 14.1. The van der Waals surface area contributed by atoms with Gasteiger partial charge in [-0.3, -0.25) is 14.0 Å². The predicted molar refractivity (Wildman–Crippen MR) is 91.1 cm³/mol. The highest BCUT2D eigenvalue weighted by Gasteiger charge is 2.26. The van der Waals surface area contributed by atoms with Crippen LogP contribution in [-0.4, -0.2) is 57.6 Å². The van der Waals surface area contributed by atoms with E-state index in [1.54, 1.807) is 46.7 Å². The summed E-state index contributed by atoms with van der Waals surface area (Å²) in [5.74, 6) is 0.296. The Morgan fingerprint density at radius 1 is 1.23 bits per heavy atom. The number of carbonyl (C=O) groups excluding carboxylic acids is 2. The largest absolute Gasteiger partial charge is 0.378 e. The Balaban J connectivity index is 1.69. The molecule has 9 nitrogen and oxygen atoms in total. The molecule has 0 saturated carbocycles. The third-order valence-electron chi connectivity index (χ3n) is 4.12. The van der Waals surface area contributed by atoms with Crippen molar-refractivity contribution in [2.75, 3.05) is 31.6 Å². The second-order valence-corrected chi connectivity index (χ2v) is 5.92. The van der Waals surface area contributed by atoms with Crippen LogP contribution in [0.4, 0.5) is 5.82 Å². The molecule has 134 valence electrons. The van der Waals surface area contributed by atoms with Crippen LogP contribution in [0.2, 0.25) is 0 Å². The van der Waals surface area contributed by atoms with Gasteiger partial charge in [0, 0.05) is 25.4 Å². The number of anilines is 1. The normalized spacial score (nSPS) is 14.6. The van der Waals surface area contributed by atoms with Crippen molar-refractivity contribution in [1.82, 2.24) is 19.4 Å². The van der Waals surface area contributed by atoms with Crippen LogP contribution in [-0.2, 0) is 4.74 Å². The summed E-state index contributed by atoms with van der Waals surface area (Å²) in [5.41, 5.74) is 0.819. The molecule has 3 aromatic heterocycles. The molecule has 0 aliphatic carbocycles. The van der Waals surface area contributed by atoms with Gasteiger partial charge in [-0.25, -0.2) is 4.98 Å². The molecule has 4 rings (SSSR count). The smallest absolute Gasteiger partial charge is 0.293 e. The van der Waals surface area contributed by atoms with Gasteiger partial charge in [0.2, 0.25) is 5.82 Å². The Morgan fingerprint density at radius 2 is 2.04 bits per heavy atom. The number of aromatic nitrogens is 3. The molecule has 1 aliphatic rings. The lowest BCUT2D eigenvalue weighted by Crippen LogP contribution is -2.40. The van der Waals surface area contributed by atoms with Gasteiger partial charge in [0.1, 0.15) is 5.76 Å². The summed E-state index contributed by atoms with van der Waals surface area (Å²) < 4.78 is 11.8. The van der Waals surface area contributed by atoms with E-state index in [9.17, 15) is 9.59 Å². The van der Waals surface area contributed by atoms with E-state index in [2.05, 4.69) is 15.5 Å². The van der Waals surface area contributed by atoms with Crippen LogP contribution in [0.25, 0.3) is 5.52 Å². The van der Waals surface area contributed by atoms with E-state index in [0.29, 0.717) is 43.4 Å². The number of fused-ring (bicyclic) bond motifs is 1.